The monoisotopic (exact) mass is 616 g/mol. The maximum absolute atomic E-state index is 14.4. The summed E-state index contributed by atoms with van der Waals surface area (Å²) in [4.78, 5) is 53.1. The third-order valence-corrected chi connectivity index (χ3v) is 10.6. The van der Waals surface area contributed by atoms with Crippen LogP contribution in [0.5, 0.6) is 17.2 Å². The first-order valence-electron chi connectivity index (χ1n) is 13.5. The maximum atomic E-state index is 14.4. The van der Waals surface area contributed by atoms with Crippen LogP contribution in [0, 0.1) is 23.6 Å². The molecule has 0 spiro atoms. The van der Waals surface area contributed by atoms with E-state index in [0.717, 1.165) is 17.0 Å². The molecule has 4 aliphatic rings. The van der Waals surface area contributed by atoms with Crippen LogP contribution in [-0.4, -0.2) is 64.1 Å². The van der Waals surface area contributed by atoms with Gasteiger partial charge in [-0.15, -0.1) is 23.2 Å². The maximum Gasteiger partial charge on any atom is 0.258 e. The number of benzene rings is 2. The SMILES string of the molecule is CCN1C(=O)[C@H]2[C@H](CC=C3[C@H]2C[C@@]2(Cl)C(=O)N(c4ccc(F)cc4)C(=O)[C@@]2(Cl)[C@H]3c2c(O)cc(OC)cc2OC)C1=O. The van der Waals surface area contributed by atoms with Gasteiger partial charge in [0.05, 0.1) is 31.7 Å². The number of alkyl halides is 2. The second-order valence-corrected chi connectivity index (χ2v) is 12.2. The lowest BCUT2D eigenvalue weighted by Crippen LogP contribution is -2.60. The highest BCUT2D eigenvalue weighted by atomic mass is 35.5. The van der Waals surface area contributed by atoms with E-state index < -0.39 is 51.1 Å². The lowest BCUT2D eigenvalue weighted by Gasteiger charge is -2.50. The first kappa shape index (κ1) is 28.5. The molecule has 12 heteroatoms. The van der Waals surface area contributed by atoms with Crippen LogP contribution in [0.3, 0.4) is 0 Å². The standard InChI is InChI=1S/C30H27Cl2FN2O7/c1-4-34-25(37)18-10-9-17-19(22(18)26(34)38)13-29(31)27(39)35(15-7-5-14(33)6-8-15)28(40)30(29,32)24(17)23-20(36)11-16(41-2)12-21(23)42-3/h5-9,11-12,18-19,22,24,36H,4,10,13H2,1-3H3/t18-,19+,22-,24+,29+,30-/m0/s1. The minimum absolute atomic E-state index is 0.0598. The van der Waals surface area contributed by atoms with Gasteiger partial charge in [-0.05, 0) is 49.9 Å². The van der Waals surface area contributed by atoms with E-state index in [-0.39, 0.29) is 59.7 Å². The van der Waals surface area contributed by atoms with Gasteiger partial charge in [0.15, 0.2) is 9.75 Å². The number of allylic oxidation sites excluding steroid dienone is 2. The van der Waals surface area contributed by atoms with Gasteiger partial charge in [0, 0.05) is 30.2 Å². The zero-order chi connectivity index (χ0) is 30.3. The van der Waals surface area contributed by atoms with E-state index in [1.807, 2.05) is 0 Å². The number of anilines is 1. The smallest absolute Gasteiger partial charge is 0.258 e. The van der Waals surface area contributed by atoms with Crippen LogP contribution in [0.4, 0.5) is 10.1 Å². The Morgan fingerprint density at radius 2 is 1.69 bits per heavy atom. The summed E-state index contributed by atoms with van der Waals surface area (Å²) in [6.45, 7) is 1.89. The first-order valence-corrected chi connectivity index (χ1v) is 14.2. The molecule has 2 aromatic rings. The number of likely N-dealkylation sites (tertiary alicyclic amines) is 1. The van der Waals surface area contributed by atoms with Crippen molar-refractivity contribution in [3.05, 3.63) is 59.4 Å². The molecule has 1 N–H and O–H groups in total. The summed E-state index contributed by atoms with van der Waals surface area (Å²) in [5.41, 5.74) is 0.645. The predicted molar refractivity (Wildman–Crippen MR) is 150 cm³/mol. The molecule has 2 aliphatic heterocycles. The number of aromatic hydroxyl groups is 1. The van der Waals surface area contributed by atoms with Crippen LogP contribution in [0.2, 0.25) is 0 Å². The number of hydrogen-bond acceptors (Lipinski definition) is 7. The fourth-order valence-corrected chi connectivity index (χ4v) is 8.18. The number of rotatable bonds is 5. The second-order valence-electron chi connectivity index (χ2n) is 10.9. The summed E-state index contributed by atoms with van der Waals surface area (Å²) in [5.74, 6) is -6.47. The average Bonchev–Trinajstić information content (AvgIpc) is 3.31. The third kappa shape index (κ3) is 3.54. The Morgan fingerprint density at radius 3 is 2.31 bits per heavy atom. The Kier molecular flexibility index (Phi) is 6.58. The van der Waals surface area contributed by atoms with Crippen LogP contribution in [0.25, 0.3) is 0 Å². The first-order chi connectivity index (χ1) is 19.9. The number of halogens is 3. The number of amides is 4. The van der Waals surface area contributed by atoms with Crippen molar-refractivity contribution >= 4 is 52.5 Å². The van der Waals surface area contributed by atoms with Crippen LogP contribution in [0.1, 0.15) is 31.2 Å². The Hall–Kier alpha value is -3.63. The minimum atomic E-state index is -2.20. The number of carbonyl (C=O) groups excluding carboxylic acids is 4. The van der Waals surface area contributed by atoms with Crippen molar-refractivity contribution in [3.63, 3.8) is 0 Å². The van der Waals surface area contributed by atoms with Gasteiger partial charge in [-0.3, -0.25) is 24.1 Å². The molecule has 3 fully saturated rings. The molecule has 1 saturated carbocycles. The molecule has 6 atom stereocenters. The van der Waals surface area contributed by atoms with Gasteiger partial charge in [0.25, 0.3) is 11.8 Å². The molecule has 42 heavy (non-hydrogen) atoms. The molecule has 2 heterocycles. The number of fused-ring (bicyclic) bond motifs is 4. The number of hydrogen-bond donors (Lipinski definition) is 1. The lowest BCUT2D eigenvalue weighted by molar-refractivity contribution is -0.140. The van der Waals surface area contributed by atoms with E-state index in [9.17, 15) is 28.7 Å². The normalized spacial score (nSPS) is 32.0. The largest absolute Gasteiger partial charge is 0.507 e. The molecule has 6 rings (SSSR count). The molecular formula is C30H27Cl2FN2O7. The van der Waals surface area contributed by atoms with Gasteiger partial charge in [-0.1, -0.05) is 11.6 Å². The van der Waals surface area contributed by atoms with Crippen molar-refractivity contribution in [3.8, 4) is 17.2 Å². The molecule has 0 radical (unpaired) electrons. The molecule has 9 nitrogen and oxygen atoms in total. The van der Waals surface area contributed by atoms with Crippen LogP contribution >= 0.6 is 23.2 Å². The van der Waals surface area contributed by atoms with E-state index in [1.165, 1.54) is 43.4 Å². The fourth-order valence-electron chi connectivity index (χ4n) is 7.26. The zero-order valence-electron chi connectivity index (χ0n) is 22.9. The van der Waals surface area contributed by atoms with E-state index in [4.69, 9.17) is 32.7 Å². The fraction of sp³-hybridized carbons (Fsp3) is 0.400. The number of nitrogens with zero attached hydrogens (tertiary/aromatic N) is 2. The number of phenols is 1. The van der Waals surface area contributed by atoms with Crippen LogP contribution < -0.4 is 14.4 Å². The summed E-state index contributed by atoms with van der Waals surface area (Å²) >= 11 is 14.6. The number of imide groups is 2. The quantitative estimate of drug-likeness (QED) is 0.305. The van der Waals surface area contributed by atoms with E-state index in [2.05, 4.69) is 0 Å². The predicted octanol–water partition coefficient (Wildman–Crippen LogP) is 4.13. The third-order valence-electron chi connectivity index (χ3n) is 9.14. The van der Waals surface area contributed by atoms with Crippen molar-refractivity contribution in [2.75, 3.05) is 25.7 Å². The van der Waals surface area contributed by atoms with Crippen molar-refractivity contribution < 1.29 is 38.1 Å². The topological polar surface area (TPSA) is 113 Å². The highest BCUT2D eigenvalue weighted by Crippen LogP contribution is 2.67. The van der Waals surface area contributed by atoms with Gasteiger partial charge >= 0.3 is 0 Å². The van der Waals surface area contributed by atoms with Crippen molar-refractivity contribution in [1.82, 2.24) is 4.90 Å². The van der Waals surface area contributed by atoms with Gasteiger partial charge in [0.1, 0.15) is 23.1 Å². The summed E-state index contributed by atoms with van der Waals surface area (Å²) < 4.78 is 24.7. The summed E-state index contributed by atoms with van der Waals surface area (Å²) in [5, 5.41) is 11.4. The minimum Gasteiger partial charge on any atom is -0.507 e. The molecule has 0 unspecified atom stereocenters. The van der Waals surface area contributed by atoms with Crippen LogP contribution in [-0.2, 0) is 19.2 Å². The molecule has 0 bridgehead atoms. The van der Waals surface area contributed by atoms with Gasteiger partial charge in [-0.2, -0.15) is 0 Å². The molecule has 220 valence electrons. The van der Waals surface area contributed by atoms with Crippen molar-refractivity contribution in [2.24, 2.45) is 17.8 Å². The summed E-state index contributed by atoms with van der Waals surface area (Å²) in [7, 11) is 2.77. The van der Waals surface area contributed by atoms with E-state index in [0.29, 0.717) is 5.57 Å². The van der Waals surface area contributed by atoms with E-state index in [1.54, 1.807) is 13.0 Å². The Labute approximate surface area is 250 Å². The zero-order valence-corrected chi connectivity index (χ0v) is 24.4. The number of carbonyl (C=O) groups is 4. The van der Waals surface area contributed by atoms with Gasteiger partial charge in [0.2, 0.25) is 11.8 Å². The molecule has 2 saturated heterocycles. The van der Waals surface area contributed by atoms with Crippen LogP contribution in [0.15, 0.2) is 48.0 Å². The number of methoxy groups -OCH3 is 2. The second kappa shape index (κ2) is 9.70. The van der Waals surface area contributed by atoms with Crippen molar-refractivity contribution in [2.45, 2.75) is 35.4 Å². The molecular weight excluding hydrogens is 590 g/mol. The van der Waals surface area contributed by atoms with Gasteiger partial charge < -0.3 is 14.6 Å². The Bertz CT molecular complexity index is 1580. The van der Waals surface area contributed by atoms with E-state index >= 15 is 0 Å². The molecule has 2 aliphatic carbocycles. The average molecular weight is 617 g/mol. The highest BCUT2D eigenvalue weighted by Gasteiger charge is 2.77. The summed E-state index contributed by atoms with van der Waals surface area (Å²) in [6, 6.07) is 7.57. The molecule has 4 amide bonds. The Balaban J connectivity index is 1.61. The van der Waals surface area contributed by atoms with Crippen molar-refractivity contribution in [1.29, 1.82) is 0 Å². The van der Waals surface area contributed by atoms with Gasteiger partial charge in [-0.25, -0.2) is 9.29 Å². The summed E-state index contributed by atoms with van der Waals surface area (Å²) in [6.07, 6.45) is 1.74. The number of phenolic OH excluding ortho intramolecular Hbond substituents is 1. The lowest BCUT2D eigenvalue weighted by atomic mass is 9.56. The highest BCUT2D eigenvalue weighted by molar-refractivity contribution is 6.58. The molecule has 2 aromatic carbocycles. The molecule has 0 aromatic heterocycles. The Morgan fingerprint density at radius 1 is 1.00 bits per heavy atom. The number of ether oxygens (including phenoxy) is 2.